The molecule has 31 atom stereocenters. The van der Waals surface area contributed by atoms with Crippen molar-refractivity contribution in [2.75, 3.05) is 54.4 Å². The number of rotatable bonds is 11. The zero-order valence-corrected chi connectivity index (χ0v) is 89.1. The van der Waals surface area contributed by atoms with Crippen LogP contribution in [0, 0.1) is 169 Å². The van der Waals surface area contributed by atoms with Crippen LogP contribution in [0.25, 0.3) is 0 Å². The van der Waals surface area contributed by atoms with Crippen LogP contribution in [-0.4, -0.2) is 136 Å². The van der Waals surface area contributed by atoms with Crippen LogP contribution in [-0.2, 0) is 19.1 Å². The smallest absolute Gasteiger partial charge is 0.857 e. The molecule has 1 spiro atoms. The maximum absolute atomic E-state index is 13.2. The normalized spacial score (nSPS) is 42.5. The van der Waals surface area contributed by atoms with E-state index in [2.05, 4.69) is 108 Å². The number of ketones is 2. The molecular weight excluding hydrogens is 1620 g/mol. The fourth-order valence-corrected chi connectivity index (χ4v) is 31.9. The van der Waals surface area contributed by atoms with Gasteiger partial charge >= 0.3 is 106 Å². The summed E-state index contributed by atoms with van der Waals surface area (Å²) in [6.07, 6.45) is 41.4. The molecule has 13 nitrogen and oxygen atoms in total. The molecule has 712 valence electrons. The van der Waals surface area contributed by atoms with Crippen LogP contribution < -0.4 is 110 Å². The minimum Gasteiger partial charge on any atom is -0.857 e. The summed E-state index contributed by atoms with van der Waals surface area (Å²) in [5, 5.41) is 84.0. The molecule has 0 bridgehead atoms. The molecule has 0 radical (unpaired) electrons. The van der Waals surface area contributed by atoms with Gasteiger partial charge in [0.1, 0.15) is 5.78 Å². The molecule has 16 aliphatic carbocycles. The Morgan fingerprint density at radius 2 is 0.857 bits per heavy atom. The van der Waals surface area contributed by atoms with Crippen molar-refractivity contribution in [2.24, 2.45) is 162 Å². The Bertz CT molecular complexity index is 3550. The van der Waals surface area contributed by atoms with Crippen molar-refractivity contribution in [3.05, 3.63) is 53.5 Å². The van der Waals surface area contributed by atoms with Gasteiger partial charge in [0.15, 0.2) is 11.9 Å². The second-order valence-electron chi connectivity index (χ2n) is 47.3. The van der Waals surface area contributed by atoms with E-state index in [-0.39, 0.29) is 130 Å². The van der Waals surface area contributed by atoms with E-state index < -0.39 is 35.0 Å². The van der Waals surface area contributed by atoms with Crippen molar-refractivity contribution in [1.82, 2.24) is 0 Å². The number of hydrogen-bond acceptors (Lipinski definition) is 13. The number of epoxide rings is 1. The molecule has 1 aliphatic heterocycles. The third-order valence-corrected chi connectivity index (χ3v) is 38.4. The Hall–Kier alpha value is 0.884. The summed E-state index contributed by atoms with van der Waals surface area (Å²) in [5.41, 5.74) is 6.58. The quantitative estimate of drug-likeness (QED) is 0.0441. The summed E-state index contributed by atoms with van der Waals surface area (Å²) in [7, 11) is 3.38. The molecule has 19 heteroatoms. The number of Topliss-reactive ketones (excluding diaryl/α,β-unsaturated/α-hetero) is 1. The van der Waals surface area contributed by atoms with Gasteiger partial charge in [-0.15, -0.1) is 5.60 Å². The first-order valence-electron chi connectivity index (χ1n) is 49.3. The summed E-state index contributed by atoms with van der Waals surface area (Å²) in [5.74, 6) is 12.4. The minimum atomic E-state index is -4.55. The Morgan fingerprint density at radius 3 is 1.23 bits per heavy atom. The van der Waals surface area contributed by atoms with Crippen molar-refractivity contribution in [1.29, 1.82) is 0 Å². The second kappa shape index (κ2) is 46.8. The van der Waals surface area contributed by atoms with Gasteiger partial charge in [0, 0.05) is 59.7 Å². The van der Waals surface area contributed by atoms with Gasteiger partial charge < -0.3 is 62.4 Å². The molecule has 7 N–H and O–H groups in total. The van der Waals surface area contributed by atoms with E-state index in [0.717, 1.165) is 170 Å². The van der Waals surface area contributed by atoms with Gasteiger partial charge in [0.2, 0.25) is 0 Å². The fourth-order valence-electron chi connectivity index (χ4n) is 31.9. The van der Waals surface area contributed by atoms with Crippen molar-refractivity contribution in [2.45, 2.75) is 392 Å². The fraction of sp³-hybridized carbons (Fsp3) is 0.897. The Morgan fingerprint density at radius 1 is 0.524 bits per heavy atom. The predicted octanol–water partition coefficient (Wildman–Crippen LogP) is 12.8. The summed E-state index contributed by atoms with van der Waals surface area (Å²) in [6.45, 7) is 46.4. The van der Waals surface area contributed by atoms with Crippen LogP contribution in [0.1, 0.15) is 357 Å². The van der Waals surface area contributed by atoms with Gasteiger partial charge in [0.05, 0.1) is 30.0 Å². The summed E-state index contributed by atoms with van der Waals surface area (Å²) < 4.78 is 50.8. The number of halogens is 3. The van der Waals surface area contributed by atoms with E-state index in [4.69, 9.17) is 24.8 Å². The number of fused-ring (bicyclic) bond motifs is 20. The third kappa shape index (κ3) is 24.6. The molecule has 0 amide bonds. The number of carbonyl (C=O) groups is 2. The van der Waals surface area contributed by atoms with Crippen LogP contribution in [0.2, 0.25) is 0 Å². The molecule has 1 unspecified atom stereocenters. The number of aliphatic hydroxyl groups excluding tert-OH is 5. The number of alkyl halides is 3. The molecule has 1 saturated heterocycles. The Labute approximate surface area is 842 Å². The third-order valence-electron chi connectivity index (χ3n) is 38.4. The number of ether oxygens (including phenoxy) is 2. The van der Waals surface area contributed by atoms with Crippen LogP contribution in [0.3, 0.4) is 0 Å². The number of hydrogen-bond donors (Lipinski definition) is 7. The predicted molar refractivity (Wildman–Crippen MR) is 489 cm³/mol. The van der Waals surface area contributed by atoms with Crippen LogP contribution in [0.15, 0.2) is 46.6 Å². The van der Waals surface area contributed by atoms with Crippen LogP contribution >= 0.6 is 0 Å². The summed E-state index contributed by atoms with van der Waals surface area (Å²) in [6, 6.07) is 0. The Balaban J connectivity index is 0.000000278. The Kier molecular flexibility index (Phi) is 43.6. The summed E-state index contributed by atoms with van der Waals surface area (Å²) >= 11 is 0. The maximum atomic E-state index is 13.2. The van der Waals surface area contributed by atoms with E-state index >= 15 is 0 Å². The molecule has 13 fully saturated rings. The number of methoxy groups -OCH3 is 1. The van der Waals surface area contributed by atoms with E-state index in [9.17, 15) is 53.4 Å². The molecule has 0 aromatic heterocycles. The van der Waals surface area contributed by atoms with Crippen molar-refractivity contribution in [3.8, 4) is 0 Å². The number of unbranched alkanes of at least 4 members (excludes halogenated alkanes) is 1. The molecule has 1 heterocycles. The van der Waals surface area contributed by atoms with Gasteiger partial charge in [-0.25, -0.2) is 0 Å². The summed E-state index contributed by atoms with van der Waals surface area (Å²) in [4.78, 5) is 23.8. The van der Waals surface area contributed by atoms with Gasteiger partial charge in [-0.1, -0.05) is 165 Å². The first-order valence-corrected chi connectivity index (χ1v) is 49.3. The van der Waals surface area contributed by atoms with Gasteiger partial charge in [-0.2, -0.15) is 26.7 Å². The zero-order chi connectivity index (χ0) is 90.9. The van der Waals surface area contributed by atoms with Crippen LogP contribution in [0.4, 0.5) is 13.2 Å². The molecular formula is C107H182F3KLiNaO13. The SMILES string of the molecule is C.CC(C)(C)O.CC(C)(C)[O-].CO.COC[C@]1(O)CC[C@@]2(C)C(=CC[C@H]3[C@@H]4CC[C@H]([C@H](C)[C@@H](O)C(F)(F)F)[C@@]4(C)CC[C@@H]32)C1.C[C@H](CO)[C@H]1CC[C@H]2[C@@H]3CC=C4CC(=O)CC[C@]4(C)[C@H]3CC[C@]12C.C[C@H](CO)[C@H]1CC[C@H]2[C@@H]3CC=C4CC5(CC[C@]4(C)[C@H]3CC[C@]12C)CO5.C[C@H](CO)[C@H]1CC[C@H]2[C@@H]3CCC4=CC(=O)CC[C@]4(C)[C@H]3CC[C@]12C.C[O-].[CH2-]CCC.[K+].[Li+].[Na+]. The standard InChI is InChI=1S/C25H39F3O3.C23H36O2.2C22H34O2.C4H10O.C4H9O.C4H9.CH4O.CH3O.CH4.K.Li.Na/c1-15(21(29)25(26,27)28)18-7-8-19-17-6-5-16-13-24(30,14-31-4)12-11-22(16,2)20(17)9-10-23(18,19)3;1-15(13-24)18-6-7-19-17-5-4-16-12-23(14-25-23)11-10-21(16,2)20(17)8-9-22(18,19)3;2*1-14(13-23)18-6-7-19-17-5-4-15-12-16(24)8-10-21(15,2)20(17)9-11-22(18,19)3;2*1-4(2,3)5;1-3-4-2;2*1-2;;;;/h5,15,17-21,29-30H,6-14H2,1-4H3;4,15,17-20,24H,5-14H2,1-3H3;12,14,17-20,23H,4-11,13H2,1-3H3;4,14,17-20,23H,5-13H2,1-3H3;5H,1-3H3;1-3H3;1,3-4H2,2H3;2H,1H3;1H3;1H4;;;/q;;;;;2*-1;;-1;;3*+1/t15-,17-,18+,19-,20-,21+,22-,23+,24-;15-,17+,18-,19+,20+,21+,22-,23?;2*14-,17+,18-,19+,20+,21+,22-;;;;;;;;;/m0111........./s1. The minimum absolute atomic E-state index is 0. The van der Waals surface area contributed by atoms with E-state index in [1.165, 1.54) is 139 Å². The largest absolute Gasteiger partial charge is 1.00 e. The molecule has 17 aliphatic rings. The number of aliphatic hydroxyl groups is 7. The average molecular weight is 1800 g/mol. The number of carbonyl (C=O) groups excluding carboxylic acids is 2. The van der Waals surface area contributed by atoms with Crippen molar-refractivity contribution < 1.29 is 178 Å². The van der Waals surface area contributed by atoms with Crippen LogP contribution in [0.5, 0.6) is 0 Å². The molecule has 17 rings (SSSR count). The first kappa shape index (κ1) is 117. The van der Waals surface area contributed by atoms with Gasteiger partial charge in [0.25, 0.3) is 0 Å². The topological polar surface area (TPSA) is 244 Å². The molecule has 126 heavy (non-hydrogen) atoms. The first-order chi connectivity index (χ1) is 57.0. The number of allylic oxidation sites excluding steroid dienone is 5. The maximum Gasteiger partial charge on any atom is 1.00 e. The van der Waals surface area contributed by atoms with E-state index in [0.29, 0.717) is 124 Å². The zero-order valence-electron chi connectivity index (χ0n) is 83.9. The monoisotopic (exact) mass is 1800 g/mol. The van der Waals surface area contributed by atoms with Crippen molar-refractivity contribution in [3.63, 3.8) is 0 Å². The van der Waals surface area contributed by atoms with Gasteiger partial charge in [-0.05, 0) is 368 Å². The second-order valence-corrected chi connectivity index (χ2v) is 47.3. The molecule has 0 aromatic rings. The van der Waals surface area contributed by atoms with E-state index in [1.54, 1.807) is 61.1 Å². The van der Waals surface area contributed by atoms with Crippen molar-refractivity contribution >= 4 is 11.6 Å². The van der Waals surface area contributed by atoms with E-state index in [1.807, 2.05) is 6.08 Å². The van der Waals surface area contributed by atoms with Gasteiger partial charge in [-0.3, -0.25) is 9.59 Å². The average Bonchev–Trinajstić information content (AvgIpc) is 1.54. The molecule has 0 aromatic carbocycles. The molecule has 12 saturated carbocycles.